The number of rotatable bonds is 3. The number of carbonyl (C=O) groups excluding carboxylic acids is 1. The molecule has 25 heavy (non-hydrogen) atoms. The van der Waals surface area contributed by atoms with Crippen molar-refractivity contribution in [3.8, 4) is 22.8 Å². The summed E-state index contributed by atoms with van der Waals surface area (Å²) in [6.07, 6.45) is 3.59. The third-order valence-corrected chi connectivity index (χ3v) is 4.46. The van der Waals surface area contributed by atoms with Crippen molar-refractivity contribution in [3.63, 3.8) is 0 Å². The Kier molecular flexibility index (Phi) is 3.80. The summed E-state index contributed by atoms with van der Waals surface area (Å²) in [5, 5.41) is 0.865. The molecule has 0 atom stereocenters. The van der Waals surface area contributed by atoms with Gasteiger partial charge in [0.25, 0.3) is 0 Å². The van der Waals surface area contributed by atoms with Gasteiger partial charge in [-0.3, -0.25) is 0 Å². The second-order valence-electron chi connectivity index (χ2n) is 5.86. The number of hydrogen-bond acceptors (Lipinski definition) is 5. The first-order chi connectivity index (χ1) is 12.2. The zero-order chi connectivity index (χ0) is 17.4. The third-order valence-electron chi connectivity index (χ3n) is 4.46. The van der Waals surface area contributed by atoms with Crippen LogP contribution < -0.4 is 9.47 Å². The maximum atomic E-state index is 12.4. The van der Waals surface area contributed by atoms with Crippen LogP contribution in [-0.4, -0.2) is 36.8 Å². The number of methoxy groups -OCH3 is 2. The number of H-pyrrole nitrogens is 1. The summed E-state index contributed by atoms with van der Waals surface area (Å²) in [4.78, 5) is 19.8. The van der Waals surface area contributed by atoms with Gasteiger partial charge in [-0.2, -0.15) is 0 Å². The predicted molar refractivity (Wildman–Crippen MR) is 93.2 cm³/mol. The topological polar surface area (TPSA) is 73.4 Å². The molecule has 0 amide bonds. The van der Waals surface area contributed by atoms with Crippen molar-refractivity contribution >= 4 is 16.9 Å². The zero-order valence-corrected chi connectivity index (χ0v) is 14.1. The van der Waals surface area contributed by atoms with E-state index in [1.54, 1.807) is 13.3 Å². The van der Waals surface area contributed by atoms with Crippen molar-refractivity contribution in [1.82, 2.24) is 9.97 Å². The fourth-order valence-electron chi connectivity index (χ4n) is 3.37. The molecule has 6 nitrogen and oxygen atoms in total. The van der Waals surface area contributed by atoms with Gasteiger partial charge in [0.15, 0.2) is 0 Å². The van der Waals surface area contributed by atoms with Crippen LogP contribution in [0.5, 0.6) is 11.6 Å². The lowest BCUT2D eigenvalue weighted by atomic mass is 9.97. The third kappa shape index (κ3) is 2.41. The average molecular weight is 338 g/mol. The fraction of sp³-hybridized carbons (Fsp3) is 0.263. The Balaban J connectivity index is 2.10. The van der Waals surface area contributed by atoms with Crippen LogP contribution in [0.4, 0.5) is 0 Å². The van der Waals surface area contributed by atoms with Crippen LogP contribution in [0.2, 0.25) is 0 Å². The highest BCUT2D eigenvalue weighted by molar-refractivity contribution is 6.11. The molecule has 2 aromatic heterocycles. The van der Waals surface area contributed by atoms with Crippen LogP contribution in [-0.2, 0) is 11.2 Å². The number of hydrogen-bond donors (Lipinski definition) is 1. The van der Waals surface area contributed by atoms with Gasteiger partial charge in [-0.25, -0.2) is 9.78 Å². The second kappa shape index (κ2) is 6.12. The van der Waals surface area contributed by atoms with Crippen LogP contribution >= 0.6 is 0 Å². The predicted octanol–water partition coefficient (Wildman–Crippen LogP) is 3.35. The summed E-state index contributed by atoms with van der Waals surface area (Å²) >= 11 is 0. The molecule has 4 rings (SSSR count). The monoisotopic (exact) mass is 338 g/mol. The van der Waals surface area contributed by atoms with E-state index in [1.165, 1.54) is 7.11 Å². The van der Waals surface area contributed by atoms with Gasteiger partial charge in [0, 0.05) is 17.3 Å². The van der Waals surface area contributed by atoms with Gasteiger partial charge < -0.3 is 19.2 Å². The maximum absolute atomic E-state index is 12.4. The number of nitrogens with zero attached hydrogens (tertiary/aromatic N) is 1. The Morgan fingerprint density at radius 1 is 1.28 bits per heavy atom. The molecule has 6 heteroatoms. The standard InChI is InChI=1S/C19H18N2O4/c1-23-18-12(6-3-9-20-18)14-15-13(21-16(14)19(22)24-2)8-7-11-5-4-10-25-17(11)15/h3,6-9,21H,4-5,10H2,1-2H3. The smallest absolute Gasteiger partial charge is 0.355 e. The summed E-state index contributed by atoms with van der Waals surface area (Å²) in [6, 6.07) is 7.71. The van der Waals surface area contributed by atoms with E-state index in [-0.39, 0.29) is 0 Å². The lowest BCUT2D eigenvalue weighted by Crippen LogP contribution is -2.08. The van der Waals surface area contributed by atoms with Gasteiger partial charge in [0.1, 0.15) is 11.4 Å². The zero-order valence-electron chi connectivity index (χ0n) is 14.1. The largest absolute Gasteiger partial charge is 0.493 e. The summed E-state index contributed by atoms with van der Waals surface area (Å²) in [6.45, 7) is 0.661. The van der Waals surface area contributed by atoms with E-state index in [9.17, 15) is 4.79 Å². The quantitative estimate of drug-likeness (QED) is 0.741. The lowest BCUT2D eigenvalue weighted by molar-refractivity contribution is 0.0596. The van der Waals surface area contributed by atoms with Crippen molar-refractivity contribution < 1.29 is 19.0 Å². The van der Waals surface area contributed by atoms with E-state index >= 15 is 0 Å². The number of nitrogens with one attached hydrogen (secondary N) is 1. The number of aromatic amines is 1. The second-order valence-corrected chi connectivity index (χ2v) is 5.86. The van der Waals surface area contributed by atoms with E-state index in [4.69, 9.17) is 14.2 Å². The average Bonchev–Trinajstić information content (AvgIpc) is 3.07. The highest BCUT2D eigenvalue weighted by atomic mass is 16.5. The highest BCUT2D eigenvalue weighted by Crippen LogP contribution is 2.44. The highest BCUT2D eigenvalue weighted by Gasteiger charge is 2.27. The van der Waals surface area contributed by atoms with Crippen LogP contribution in [0.25, 0.3) is 22.0 Å². The molecule has 0 unspecified atom stereocenters. The molecular weight excluding hydrogens is 320 g/mol. The Labute approximate surface area is 144 Å². The molecular formula is C19H18N2O4. The first kappa shape index (κ1) is 15.5. The number of benzene rings is 1. The molecule has 0 bridgehead atoms. The first-order valence-electron chi connectivity index (χ1n) is 8.12. The Hall–Kier alpha value is -3.02. The fourth-order valence-corrected chi connectivity index (χ4v) is 3.37. The van der Waals surface area contributed by atoms with Gasteiger partial charge in [0.2, 0.25) is 5.88 Å². The summed E-state index contributed by atoms with van der Waals surface area (Å²) in [5.41, 5.74) is 3.75. The minimum atomic E-state index is -0.443. The van der Waals surface area contributed by atoms with Crippen molar-refractivity contribution in [2.75, 3.05) is 20.8 Å². The minimum absolute atomic E-state index is 0.367. The van der Waals surface area contributed by atoms with Gasteiger partial charge in [-0.15, -0.1) is 0 Å². The molecule has 3 heterocycles. The molecule has 3 aromatic rings. The number of esters is 1. The van der Waals surface area contributed by atoms with E-state index < -0.39 is 5.97 Å². The molecule has 1 aliphatic rings. The van der Waals surface area contributed by atoms with Gasteiger partial charge in [0.05, 0.1) is 31.7 Å². The van der Waals surface area contributed by atoms with Crippen molar-refractivity contribution in [3.05, 3.63) is 41.7 Å². The molecule has 0 aliphatic carbocycles. The Bertz CT molecular complexity index is 961. The number of carbonyl (C=O) groups is 1. The first-order valence-corrected chi connectivity index (χ1v) is 8.12. The van der Waals surface area contributed by atoms with Crippen LogP contribution in [0.3, 0.4) is 0 Å². The van der Waals surface area contributed by atoms with E-state index in [0.29, 0.717) is 23.7 Å². The molecule has 0 saturated heterocycles. The normalized spacial score (nSPS) is 13.2. The molecule has 0 spiro atoms. The molecule has 1 N–H and O–H groups in total. The molecule has 128 valence electrons. The van der Waals surface area contributed by atoms with Crippen LogP contribution in [0.15, 0.2) is 30.5 Å². The van der Waals surface area contributed by atoms with Gasteiger partial charge in [-0.05, 0) is 36.6 Å². The molecule has 1 aromatic carbocycles. The van der Waals surface area contributed by atoms with Crippen molar-refractivity contribution in [1.29, 1.82) is 0 Å². The minimum Gasteiger partial charge on any atom is -0.493 e. The van der Waals surface area contributed by atoms with Crippen molar-refractivity contribution in [2.45, 2.75) is 12.8 Å². The number of pyridine rings is 1. The molecule has 0 saturated carbocycles. The SMILES string of the molecule is COC(=O)c1[nH]c2ccc3c(c2c1-c1cccnc1OC)OCCC3. The van der Waals surface area contributed by atoms with E-state index in [0.717, 1.165) is 40.6 Å². The maximum Gasteiger partial charge on any atom is 0.355 e. The van der Waals surface area contributed by atoms with E-state index in [2.05, 4.69) is 9.97 Å². The van der Waals surface area contributed by atoms with Crippen LogP contribution in [0.1, 0.15) is 22.5 Å². The molecule has 0 fully saturated rings. The summed E-state index contributed by atoms with van der Waals surface area (Å²) in [5.74, 6) is 0.819. The molecule has 0 radical (unpaired) electrons. The number of aromatic nitrogens is 2. The lowest BCUT2D eigenvalue weighted by Gasteiger charge is -2.19. The Morgan fingerprint density at radius 2 is 2.16 bits per heavy atom. The van der Waals surface area contributed by atoms with E-state index in [1.807, 2.05) is 24.3 Å². The van der Waals surface area contributed by atoms with Gasteiger partial charge >= 0.3 is 5.97 Å². The number of aryl methyl sites for hydroxylation is 1. The van der Waals surface area contributed by atoms with Crippen LogP contribution in [0, 0.1) is 0 Å². The number of ether oxygens (including phenoxy) is 3. The summed E-state index contributed by atoms with van der Waals surface area (Å²) < 4.78 is 16.4. The van der Waals surface area contributed by atoms with Gasteiger partial charge in [-0.1, -0.05) is 6.07 Å². The Morgan fingerprint density at radius 3 is 2.96 bits per heavy atom. The molecule has 1 aliphatic heterocycles. The summed E-state index contributed by atoms with van der Waals surface area (Å²) in [7, 11) is 2.93. The van der Waals surface area contributed by atoms with Crippen molar-refractivity contribution in [2.24, 2.45) is 0 Å². The number of fused-ring (bicyclic) bond motifs is 3.